The van der Waals surface area contributed by atoms with Crippen LogP contribution in [-0.4, -0.2) is 28.4 Å². The summed E-state index contributed by atoms with van der Waals surface area (Å²) in [5.41, 5.74) is 0.823. The summed E-state index contributed by atoms with van der Waals surface area (Å²) >= 11 is 0. The number of ketones is 1. The van der Waals surface area contributed by atoms with Crippen LogP contribution >= 0.6 is 0 Å². The van der Waals surface area contributed by atoms with E-state index in [0.717, 1.165) is 5.56 Å². The number of nitrogens with two attached hydrogens (primary N) is 1. The van der Waals surface area contributed by atoms with Gasteiger partial charge in [-0.3, -0.25) is 14.9 Å². The molecule has 7 nitrogen and oxygen atoms in total. The molecule has 130 valence electrons. The maximum Gasteiger partial charge on any atom is 0.433 e. The molecule has 0 aliphatic carbocycles. The number of aliphatic hydroxyl groups is 1. The van der Waals surface area contributed by atoms with Crippen LogP contribution in [0.5, 0.6) is 0 Å². The topological polar surface area (TPSA) is 110 Å². The van der Waals surface area contributed by atoms with E-state index in [4.69, 9.17) is 4.42 Å². The maximum atomic E-state index is 11.9. The zero-order chi connectivity index (χ0) is 16.8. The normalized spacial score (nSPS) is 12.9. The molecule has 0 spiro atoms. The fraction of sp³-hybridized carbons (Fsp3) is 0.312. The summed E-state index contributed by atoms with van der Waals surface area (Å²) in [7, 11) is 0. The van der Waals surface area contributed by atoms with Crippen LogP contribution in [0.1, 0.15) is 35.6 Å². The highest BCUT2D eigenvalue weighted by atomic mass is 35.5. The number of aliphatic hydroxyl groups excluding tert-OH is 1. The molecule has 2 aromatic rings. The summed E-state index contributed by atoms with van der Waals surface area (Å²) in [6.45, 7) is 2.33. The molecule has 0 radical (unpaired) electrons. The molecule has 0 aliphatic heterocycles. The zero-order valence-corrected chi connectivity index (χ0v) is 13.8. The van der Waals surface area contributed by atoms with Gasteiger partial charge in [-0.15, -0.1) is 0 Å². The van der Waals surface area contributed by atoms with Gasteiger partial charge < -0.3 is 27.2 Å². The van der Waals surface area contributed by atoms with E-state index >= 15 is 0 Å². The lowest BCUT2D eigenvalue weighted by Gasteiger charge is -2.17. The number of quaternary nitrogens is 1. The van der Waals surface area contributed by atoms with Gasteiger partial charge >= 0.3 is 5.88 Å². The molecule has 1 aromatic carbocycles. The molecule has 0 saturated carbocycles. The fourth-order valence-electron chi connectivity index (χ4n) is 2.26. The Morgan fingerprint density at radius 2 is 1.96 bits per heavy atom. The van der Waals surface area contributed by atoms with Crippen LogP contribution in [0.2, 0.25) is 0 Å². The Morgan fingerprint density at radius 1 is 1.29 bits per heavy atom. The Labute approximate surface area is 145 Å². The van der Waals surface area contributed by atoms with Gasteiger partial charge in [-0.1, -0.05) is 30.3 Å². The Bertz CT molecular complexity index is 674. The number of halogens is 1. The van der Waals surface area contributed by atoms with Gasteiger partial charge in [0.05, 0.1) is 19.0 Å². The first-order valence-electron chi connectivity index (χ1n) is 7.33. The number of Topliss-reactive ketones (excluding diaryl/α,β-unsaturated/α-hetero) is 1. The van der Waals surface area contributed by atoms with Crippen LogP contribution in [0.4, 0.5) is 5.88 Å². The molecule has 24 heavy (non-hydrogen) atoms. The summed E-state index contributed by atoms with van der Waals surface area (Å²) in [5, 5.41) is 22.6. The lowest BCUT2D eigenvalue weighted by Crippen LogP contribution is -3.00. The quantitative estimate of drug-likeness (QED) is 0.339. The Hall–Kier alpha value is -2.22. The van der Waals surface area contributed by atoms with Crippen LogP contribution in [0.25, 0.3) is 0 Å². The average molecular weight is 355 g/mol. The van der Waals surface area contributed by atoms with E-state index in [1.54, 1.807) is 0 Å². The standard InChI is InChI=1S/C16H18N2O5.ClH/c1-11(16(20)12-5-3-2-4-6-12)17-10-9-13(19)14-7-8-15(23-14)18(21)22;/h2-8,11,16-17,20H,9-10H2,1H3;1H. The van der Waals surface area contributed by atoms with Crippen LogP contribution in [0.3, 0.4) is 0 Å². The first-order chi connectivity index (χ1) is 11.0. The van der Waals surface area contributed by atoms with E-state index in [1.807, 2.05) is 42.6 Å². The van der Waals surface area contributed by atoms with Gasteiger partial charge in [-0.2, -0.15) is 0 Å². The van der Waals surface area contributed by atoms with Gasteiger partial charge in [-0.05, 0) is 18.6 Å². The predicted molar refractivity (Wildman–Crippen MR) is 82.0 cm³/mol. The highest BCUT2D eigenvalue weighted by Crippen LogP contribution is 2.17. The molecule has 0 fully saturated rings. The molecule has 3 N–H and O–H groups in total. The van der Waals surface area contributed by atoms with Crippen molar-refractivity contribution in [1.29, 1.82) is 0 Å². The van der Waals surface area contributed by atoms with Crippen molar-refractivity contribution in [3.8, 4) is 0 Å². The highest BCUT2D eigenvalue weighted by molar-refractivity contribution is 5.93. The summed E-state index contributed by atoms with van der Waals surface area (Å²) in [4.78, 5) is 21.7. The largest absolute Gasteiger partial charge is 1.00 e. The highest BCUT2D eigenvalue weighted by Gasteiger charge is 2.21. The van der Waals surface area contributed by atoms with E-state index in [9.17, 15) is 20.0 Å². The van der Waals surface area contributed by atoms with E-state index in [-0.39, 0.29) is 36.4 Å². The smallest absolute Gasteiger partial charge is 0.433 e. The molecular weight excluding hydrogens is 336 g/mol. The van der Waals surface area contributed by atoms with E-state index < -0.39 is 16.9 Å². The van der Waals surface area contributed by atoms with Crippen molar-refractivity contribution in [2.45, 2.75) is 25.5 Å². The number of carbonyl (C=O) groups excluding carboxylic acids is 1. The lowest BCUT2D eigenvalue weighted by atomic mass is 10.0. The first kappa shape index (κ1) is 19.8. The third-order valence-electron chi connectivity index (χ3n) is 3.60. The van der Waals surface area contributed by atoms with Crippen molar-refractivity contribution in [1.82, 2.24) is 0 Å². The average Bonchev–Trinajstić information content (AvgIpc) is 3.05. The van der Waals surface area contributed by atoms with Crippen LogP contribution < -0.4 is 17.7 Å². The first-order valence-corrected chi connectivity index (χ1v) is 7.33. The van der Waals surface area contributed by atoms with Gasteiger partial charge in [0, 0.05) is 0 Å². The van der Waals surface area contributed by atoms with Crippen molar-refractivity contribution in [2.75, 3.05) is 6.54 Å². The van der Waals surface area contributed by atoms with E-state index in [2.05, 4.69) is 0 Å². The van der Waals surface area contributed by atoms with Crippen molar-refractivity contribution < 1.29 is 37.0 Å². The molecule has 2 unspecified atom stereocenters. The Morgan fingerprint density at radius 3 is 2.54 bits per heavy atom. The van der Waals surface area contributed by atoms with Gasteiger partial charge in [0.2, 0.25) is 5.78 Å². The fourth-order valence-corrected chi connectivity index (χ4v) is 2.26. The third kappa shape index (κ3) is 5.16. The van der Waals surface area contributed by atoms with Crippen LogP contribution in [0, 0.1) is 10.1 Å². The van der Waals surface area contributed by atoms with Crippen molar-refractivity contribution in [3.63, 3.8) is 0 Å². The number of hydrogen-bond acceptors (Lipinski definition) is 5. The minimum absolute atomic E-state index is 0. The summed E-state index contributed by atoms with van der Waals surface area (Å²) < 4.78 is 4.87. The van der Waals surface area contributed by atoms with Gasteiger partial charge in [0.15, 0.2) is 5.76 Å². The number of rotatable bonds is 8. The third-order valence-corrected chi connectivity index (χ3v) is 3.60. The second-order valence-corrected chi connectivity index (χ2v) is 5.31. The molecule has 0 bridgehead atoms. The number of furan rings is 1. The molecule has 2 rings (SSSR count). The number of nitrogens with zero attached hydrogens (tertiary/aromatic N) is 1. The second kappa shape index (κ2) is 9.17. The molecular formula is C16H19ClN2O5. The molecule has 8 heteroatoms. The summed E-state index contributed by atoms with van der Waals surface area (Å²) in [5.74, 6) is -0.748. The molecule has 0 saturated heterocycles. The number of hydrogen-bond donors (Lipinski definition) is 2. The van der Waals surface area contributed by atoms with Gasteiger partial charge in [0.1, 0.15) is 17.1 Å². The summed E-state index contributed by atoms with van der Waals surface area (Å²) in [6, 6.07) is 11.7. The van der Waals surface area contributed by atoms with E-state index in [1.165, 1.54) is 12.1 Å². The van der Waals surface area contributed by atoms with Gasteiger partial charge in [-0.25, -0.2) is 0 Å². The lowest BCUT2D eigenvalue weighted by molar-refractivity contribution is -0.693. The van der Waals surface area contributed by atoms with E-state index in [0.29, 0.717) is 6.54 Å². The van der Waals surface area contributed by atoms with Crippen LogP contribution in [-0.2, 0) is 0 Å². The van der Waals surface area contributed by atoms with Crippen molar-refractivity contribution in [3.05, 3.63) is 63.9 Å². The molecule has 1 aromatic heterocycles. The SMILES string of the molecule is CC([NH2+]CCC(=O)c1ccc([N+](=O)[O-])o1)C(O)c1ccccc1.[Cl-]. The van der Waals surface area contributed by atoms with Gasteiger partial charge in [0.25, 0.3) is 0 Å². The minimum atomic E-state index is -0.679. The van der Waals surface area contributed by atoms with Crippen molar-refractivity contribution in [2.24, 2.45) is 0 Å². The molecule has 0 amide bonds. The molecule has 2 atom stereocenters. The number of nitro groups is 1. The Kier molecular flexibility index (Phi) is 7.57. The number of carbonyl (C=O) groups is 1. The molecule has 0 aliphatic rings. The Balaban J connectivity index is 0.00000288. The van der Waals surface area contributed by atoms with Crippen molar-refractivity contribution >= 4 is 11.7 Å². The monoisotopic (exact) mass is 354 g/mol. The molecule has 1 heterocycles. The summed E-state index contributed by atoms with van der Waals surface area (Å²) in [6.07, 6.45) is -0.452. The second-order valence-electron chi connectivity index (χ2n) is 5.31. The zero-order valence-electron chi connectivity index (χ0n) is 13.1. The predicted octanol–water partition coefficient (Wildman–Crippen LogP) is -1.55. The maximum absolute atomic E-state index is 11.9. The minimum Gasteiger partial charge on any atom is -1.00 e. The number of benzene rings is 1. The van der Waals surface area contributed by atoms with Crippen LogP contribution in [0.15, 0.2) is 46.9 Å².